The Hall–Kier alpha value is -2.24. The molecule has 1 aromatic carbocycles. The topological polar surface area (TPSA) is 51.2 Å². The van der Waals surface area contributed by atoms with Gasteiger partial charge < -0.3 is 20.0 Å². The van der Waals surface area contributed by atoms with Crippen molar-refractivity contribution in [3.63, 3.8) is 0 Å². The number of nitrogens with one attached hydrogen (secondary N) is 1. The highest BCUT2D eigenvalue weighted by molar-refractivity contribution is 5.80. The predicted octanol–water partition coefficient (Wildman–Crippen LogP) is 2.03. The molecule has 1 saturated heterocycles. The molecule has 1 amide bonds. The highest BCUT2D eigenvalue weighted by Gasteiger charge is 2.20. The van der Waals surface area contributed by atoms with E-state index >= 15 is 0 Å². The Kier molecular flexibility index (Phi) is 8.25. The van der Waals surface area contributed by atoms with Gasteiger partial charge in [0.25, 0.3) is 0 Å². The Balaban J connectivity index is 1.74. The summed E-state index contributed by atoms with van der Waals surface area (Å²) in [6.07, 6.45) is 2.19. The van der Waals surface area contributed by atoms with E-state index in [2.05, 4.69) is 53.4 Å². The van der Waals surface area contributed by atoms with E-state index in [4.69, 9.17) is 4.99 Å². The number of rotatable bonds is 7. The van der Waals surface area contributed by atoms with Crippen molar-refractivity contribution in [2.45, 2.75) is 26.7 Å². The summed E-state index contributed by atoms with van der Waals surface area (Å²) in [7, 11) is 2.14. The predicted molar refractivity (Wildman–Crippen MR) is 109 cm³/mol. The summed E-state index contributed by atoms with van der Waals surface area (Å²) in [6.45, 7) is 9.72. The van der Waals surface area contributed by atoms with Crippen LogP contribution in [0.4, 0.5) is 5.69 Å². The van der Waals surface area contributed by atoms with Gasteiger partial charge in [0.1, 0.15) is 0 Å². The number of carbonyl (C=O) groups is 1. The number of hydrogen-bond donors (Lipinski definition) is 1. The Labute approximate surface area is 157 Å². The van der Waals surface area contributed by atoms with E-state index in [0.29, 0.717) is 0 Å². The van der Waals surface area contributed by atoms with E-state index in [0.717, 1.165) is 64.6 Å². The van der Waals surface area contributed by atoms with Crippen molar-refractivity contribution in [3.8, 4) is 0 Å². The fourth-order valence-electron chi connectivity index (χ4n) is 3.12. The van der Waals surface area contributed by atoms with E-state index in [-0.39, 0.29) is 5.91 Å². The summed E-state index contributed by atoms with van der Waals surface area (Å²) < 4.78 is 0. The first-order valence-corrected chi connectivity index (χ1v) is 9.66. The lowest BCUT2D eigenvalue weighted by atomic mass is 10.2. The largest absolute Gasteiger partial charge is 0.375 e. The first-order chi connectivity index (χ1) is 12.6. The molecule has 0 spiro atoms. The summed E-state index contributed by atoms with van der Waals surface area (Å²) in [5.41, 5.74) is 1.26. The van der Waals surface area contributed by atoms with Crippen molar-refractivity contribution < 1.29 is 4.79 Å². The molecular weight excluding hydrogens is 326 g/mol. The first-order valence-electron chi connectivity index (χ1n) is 9.66. The Morgan fingerprint density at radius 1 is 1.12 bits per heavy atom. The molecule has 0 saturated carbocycles. The molecule has 1 heterocycles. The maximum absolute atomic E-state index is 11.5. The number of anilines is 1. The number of benzene rings is 1. The lowest BCUT2D eigenvalue weighted by molar-refractivity contribution is -0.130. The number of hydrogen-bond acceptors (Lipinski definition) is 3. The van der Waals surface area contributed by atoms with E-state index in [1.165, 1.54) is 5.69 Å². The molecule has 0 unspecified atom stereocenters. The molecule has 26 heavy (non-hydrogen) atoms. The van der Waals surface area contributed by atoms with Crippen LogP contribution in [0.15, 0.2) is 35.3 Å². The lowest BCUT2D eigenvalue weighted by Crippen LogP contribution is -2.53. The van der Waals surface area contributed by atoms with Crippen molar-refractivity contribution in [2.75, 3.05) is 57.8 Å². The molecule has 1 aliphatic rings. The standard InChI is InChI=1S/C20H33N5O/c1-4-21-20(25-16-14-24(15-17-25)18(2)26)22-12-8-9-13-23(3)19-10-6-5-7-11-19/h5-7,10-11H,4,8-9,12-17H2,1-3H3,(H,21,22). The van der Waals surface area contributed by atoms with Crippen molar-refractivity contribution in [1.29, 1.82) is 0 Å². The quantitative estimate of drug-likeness (QED) is 0.460. The Bertz CT molecular complexity index is 567. The molecular formula is C20H33N5O. The summed E-state index contributed by atoms with van der Waals surface area (Å²) in [4.78, 5) is 22.7. The molecule has 0 atom stereocenters. The lowest BCUT2D eigenvalue weighted by Gasteiger charge is -2.36. The zero-order valence-electron chi connectivity index (χ0n) is 16.4. The van der Waals surface area contributed by atoms with E-state index in [9.17, 15) is 4.79 Å². The molecule has 0 aromatic heterocycles. The van der Waals surface area contributed by atoms with Gasteiger partial charge in [-0.05, 0) is 31.9 Å². The zero-order chi connectivity index (χ0) is 18.8. The van der Waals surface area contributed by atoms with Crippen molar-refractivity contribution >= 4 is 17.6 Å². The molecule has 1 aliphatic heterocycles. The van der Waals surface area contributed by atoms with Crippen LogP contribution in [0.1, 0.15) is 26.7 Å². The third kappa shape index (κ3) is 6.24. The minimum Gasteiger partial charge on any atom is -0.375 e. The molecule has 1 N–H and O–H groups in total. The van der Waals surface area contributed by atoms with Gasteiger partial charge in [0.15, 0.2) is 5.96 Å². The normalized spacial score (nSPS) is 15.1. The van der Waals surface area contributed by atoms with Gasteiger partial charge in [0, 0.05) is 65.5 Å². The van der Waals surface area contributed by atoms with E-state index in [1.54, 1.807) is 6.92 Å². The SMILES string of the molecule is CCNC(=NCCCCN(C)c1ccccc1)N1CCN(C(C)=O)CC1. The van der Waals surface area contributed by atoms with Crippen molar-refractivity contribution in [2.24, 2.45) is 4.99 Å². The van der Waals surface area contributed by atoms with Gasteiger partial charge >= 0.3 is 0 Å². The molecule has 1 aromatic rings. The molecule has 0 radical (unpaired) electrons. The monoisotopic (exact) mass is 359 g/mol. The molecule has 6 heteroatoms. The third-order valence-electron chi connectivity index (χ3n) is 4.72. The van der Waals surface area contributed by atoms with Crippen LogP contribution in [0.3, 0.4) is 0 Å². The third-order valence-corrected chi connectivity index (χ3v) is 4.72. The maximum atomic E-state index is 11.5. The average Bonchev–Trinajstić information content (AvgIpc) is 2.67. The Morgan fingerprint density at radius 3 is 2.38 bits per heavy atom. The number of amides is 1. The number of guanidine groups is 1. The number of unbranched alkanes of at least 4 members (excludes halogenated alkanes) is 1. The fourth-order valence-corrected chi connectivity index (χ4v) is 3.12. The highest BCUT2D eigenvalue weighted by Crippen LogP contribution is 2.11. The van der Waals surface area contributed by atoms with Gasteiger partial charge in [0.2, 0.25) is 5.91 Å². The van der Waals surface area contributed by atoms with Crippen LogP contribution < -0.4 is 10.2 Å². The highest BCUT2D eigenvalue weighted by atomic mass is 16.2. The second-order valence-electron chi connectivity index (χ2n) is 6.69. The Morgan fingerprint density at radius 2 is 1.77 bits per heavy atom. The summed E-state index contributed by atoms with van der Waals surface area (Å²) >= 11 is 0. The second-order valence-corrected chi connectivity index (χ2v) is 6.69. The molecule has 144 valence electrons. The average molecular weight is 360 g/mol. The molecule has 0 bridgehead atoms. The van der Waals surface area contributed by atoms with Crippen LogP contribution in [0, 0.1) is 0 Å². The van der Waals surface area contributed by atoms with Gasteiger partial charge in [0.05, 0.1) is 0 Å². The van der Waals surface area contributed by atoms with Crippen LogP contribution in [-0.2, 0) is 4.79 Å². The van der Waals surface area contributed by atoms with Gasteiger partial charge in [-0.3, -0.25) is 9.79 Å². The number of nitrogens with zero attached hydrogens (tertiary/aromatic N) is 4. The summed E-state index contributed by atoms with van der Waals surface area (Å²) in [5.74, 6) is 1.14. The maximum Gasteiger partial charge on any atom is 0.219 e. The number of carbonyl (C=O) groups excluding carboxylic acids is 1. The van der Waals surface area contributed by atoms with Crippen LogP contribution in [0.25, 0.3) is 0 Å². The number of aliphatic imine (C=N–C) groups is 1. The second kappa shape index (κ2) is 10.7. The molecule has 6 nitrogen and oxygen atoms in total. The minimum absolute atomic E-state index is 0.161. The zero-order valence-corrected chi connectivity index (χ0v) is 16.4. The first kappa shape index (κ1) is 20.1. The van der Waals surface area contributed by atoms with Crippen LogP contribution in [0.5, 0.6) is 0 Å². The minimum atomic E-state index is 0.161. The van der Waals surface area contributed by atoms with Crippen LogP contribution in [-0.4, -0.2) is 74.5 Å². The van der Waals surface area contributed by atoms with Gasteiger partial charge in [-0.15, -0.1) is 0 Å². The van der Waals surface area contributed by atoms with E-state index < -0.39 is 0 Å². The van der Waals surface area contributed by atoms with Crippen molar-refractivity contribution in [1.82, 2.24) is 15.1 Å². The fraction of sp³-hybridized carbons (Fsp3) is 0.600. The molecule has 2 rings (SSSR count). The van der Waals surface area contributed by atoms with Crippen LogP contribution in [0.2, 0.25) is 0 Å². The van der Waals surface area contributed by atoms with Crippen molar-refractivity contribution in [3.05, 3.63) is 30.3 Å². The van der Waals surface area contributed by atoms with Gasteiger partial charge in [-0.2, -0.15) is 0 Å². The number of piperazine rings is 1. The molecule has 1 fully saturated rings. The number of para-hydroxylation sites is 1. The summed E-state index contributed by atoms with van der Waals surface area (Å²) in [5, 5.41) is 3.38. The van der Waals surface area contributed by atoms with Crippen LogP contribution >= 0.6 is 0 Å². The van der Waals surface area contributed by atoms with E-state index in [1.807, 2.05) is 11.0 Å². The van der Waals surface area contributed by atoms with Gasteiger partial charge in [-0.25, -0.2) is 0 Å². The smallest absolute Gasteiger partial charge is 0.219 e. The molecule has 0 aliphatic carbocycles. The van der Waals surface area contributed by atoms with Gasteiger partial charge in [-0.1, -0.05) is 18.2 Å². The summed E-state index contributed by atoms with van der Waals surface area (Å²) in [6, 6.07) is 10.5.